The highest BCUT2D eigenvalue weighted by Crippen LogP contribution is 2.26. The summed E-state index contributed by atoms with van der Waals surface area (Å²) in [7, 11) is -1.67. The lowest BCUT2D eigenvalue weighted by Gasteiger charge is -2.42. The van der Waals surface area contributed by atoms with Crippen LogP contribution >= 0.6 is 0 Å². The highest BCUT2D eigenvalue weighted by Gasteiger charge is 2.36. The van der Waals surface area contributed by atoms with Crippen molar-refractivity contribution >= 4 is 24.6 Å². The van der Waals surface area contributed by atoms with Crippen LogP contribution in [0.25, 0.3) is 0 Å². The summed E-state index contributed by atoms with van der Waals surface area (Å²) in [6, 6.07) is 4.80. The van der Waals surface area contributed by atoms with Crippen molar-refractivity contribution in [3.8, 4) is 0 Å². The number of hydrogen-bond donors (Lipinski definition) is 4. The highest BCUT2D eigenvalue weighted by molar-refractivity contribution is 6.43. The van der Waals surface area contributed by atoms with Gasteiger partial charge in [-0.3, -0.25) is 9.59 Å². The Bertz CT molecular complexity index is 687. The van der Waals surface area contributed by atoms with Crippen LogP contribution in [0.15, 0.2) is 24.3 Å². The van der Waals surface area contributed by atoms with Crippen LogP contribution in [0.2, 0.25) is 0 Å². The van der Waals surface area contributed by atoms with Crippen molar-refractivity contribution < 1.29 is 24.0 Å². The Balaban J connectivity index is 2.00. The monoisotopic (exact) mass is 407 g/mol. The van der Waals surface area contributed by atoms with E-state index in [2.05, 4.69) is 10.6 Å². The summed E-state index contributed by atoms with van der Waals surface area (Å²) in [4.78, 5) is 27.3. The van der Waals surface area contributed by atoms with Gasteiger partial charge < -0.3 is 25.6 Å². The Kier molecular flexibility index (Phi) is 8.46. The summed E-state index contributed by atoms with van der Waals surface area (Å²) in [6.07, 6.45) is 2.18. The number of nitrogens with one attached hydrogen (secondary N) is 2. The lowest BCUT2D eigenvalue weighted by atomic mass is 9.75. The van der Waals surface area contributed by atoms with Gasteiger partial charge in [-0.1, -0.05) is 27.2 Å². The lowest BCUT2D eigenvalue weighted by molar-refractivity contribution is -0.130. The van der Waals surface area contributed by atoms with E-state index < -0.39 is 31.1 Å². The average Bonchev–Trinajstić information content (AvgIpc) is 2.61. The number of halogens is 1. The molecule has 0 aromatic heterocycles. The number of benzene rings is 1. The van der Waals surface area contributed by atoms with Gasteiger partial charge in [0.15, 0.2) is 0 Å². The van der Waals surface area contributed by atoms with Crippen LogP contribution in [-0.2, 0) is 9.59 Å². The molecule has 1 heterocycles. The van der Waals surface area contributed by atoms with Crippen molar-refractivity contribution in [2.45, 2.75) is 64.5 Å². The number of carbonyl (C=O) groups is 2. The van der Waals surface area contributed by atoms with Gasteiger partial charge in [0.05, 0.1) is 5.94 Å². The minimum absolute atomic E-state index is 0.167. The molecule has 4 N–H and O–H groups in total. The lowest BCUT2D eigenvalue weighted by Crippen LogP contribution is -2.60. The Morgan fingerprint density at radius 2 is 1.90 bits per heavy atom. The molecular weight excluding hydrogens is 376 g/mol. The molecule has 7 nitrogen and oxygen atoms in total. The average molecular weight is 407 g/mol. The minimum atomic E-state index is -1.67. The van der Waals surface area contributed by atoms with E-state index in [0.717, 1.165) is 5.69 Å². The molecule has 1 saturated heterocycles. The van der Waals surface area contributed by atoms with Gasteiger partial charge in [0.1, 0.15) is 17.9 Å². The number of carbonyl (C=O) groups excluding carboxylic acids is 2. The van der Waals surface area contributed by atoms with Crippen molar-refractivity contribution in [3.05, 3.63) is 30.1 Å². The molecule has 9 heteroatoms. The van der Waals surface area contributed by atoms with Gasteiger partial charge in [-0.15, -0.1) is 0 Å². The Morgan fingerprint density at radius 3 is 2.38 bits per heavy atom. The molecule has 2 amide bonds. The van der Waals surface area contributed by atoms with Crippen molar-refractivity contribution in [3.63, 3.8) is 0 Å². The third kappa shape index (κ3) is 6.43. The zero-order valence-electron chi connectivity index (χ0n) is 17.3. The van der Waals surface area contributed by atoms with Crippen molar-refractivity contribution in [2.24, 2.45) is 5.92 Å². The molecule has 1 aliphatic heterocycles. The second-order valence-electron chi connectivity index (χ2n) is 7.98. The SMILES string of the molecule is CCC[C@H](NC(=O)[C@@H]1CCN1c1ccc(F)cc1)C(=O)N[C@@H](CC(C)C)B(O)O. The van der Waals surface area contributed by atoms with Gasteiger partial charge >= 0.3 is 7.12 Å². The standard InChI is InChI=1S/C20H31BFN3O4/c1-4-5-16(19(26)24-18(21(28)29)12-13(2)3)23-20(27)17-10-11-25(17)15-8-6-14(22)7-9-15/h6-9,13,16-18,28-29H,4-5,10-12H2,1-3H3,(H,23,27)(H,24,26)/t16-,17-,18-/m0/s1. The maximum atomic E-state index is 13.1. The summed E-state index contributed by atoms with van der Waals surface area (Å²) in [6.45, 7) is 6.44. The number of amides is 2. The largest absolute Gasteiger partial charge is 0.475 e. The number of nitrogens with zero attached hydrogens (tertiary/aromatic N) is 1. The van der Waals surface area contributed by atoms with Crippen LogP contribution in [0.5, 0.6) is 0 Å². The maximum Gasteiger partial charge on any atom is 0.475 e. The molecule has 29 heavy (non-hydrogen) atoms. The number of rotatable bonds is 10. The molecule has 0 aliphatic carbocycles. The van der Waals surface area contributed by atoms with E-state index in [9.17, 15) is 24.0 Å². The number of hydrogen-bond acceptors (Lipinski definition) is 5. The quantitative estimate of drug-likeness (QED) is 0.437. The molecule has 0 radical (unpaired) electrons. The van der Waals surface area contributed by atoms with E-state index in [1.807, 2.05) is 25.7 Å². The summed E-state index contributed by atoms with van der Waals surface area (Å²) in [5, 5.41) is 24.5. The van der Waals surface area contributed by atoms with Crippen LogP contribution in [0.3, 0.4) is 0 Å². The van der Waals surface area contributed by atoms with Crippen molar-refractivity contribution in [1.29, 1.82) is 0 Å². The first-order chi connectivity index (χ1) is 13.7. The Hall–Kier alpha value is -2.13. The molecular formula is C20H31BFN3O4. The molecule has 160 valence electrons. The molecule has 0 bridgehead atoms. The maximum absolute atomic E-state index is 13.1. The van der Waals surface area contributed by atoms with Crippen LogP contribution < -0.4 is 15.5 Å². The normalized spacial score (nSPS) is 18.0. The van der Waals surface area contributed by atoms with Gasteiger partial charge in [-0.2, -0.15) is 0 Å². The third-order valence-electron chi connectivity index (χ3n) is 5.10. The molecule has 0 saturated carbocycles. The predicted octanol–water partition coefficient (Wildman–Crippen LogP) is 1.23. The van der Waals surface area contributed by atoms with E-state index in [1.165, 1.54) is 12.1 Å². The molecule has 1 fully saturated rings. The van der Waals surface area contributed by atoms with E-state index in [4.69, 9.17) is 0 Å². The first-order valence-electron chi connectivity index (χ1n) is 10.2. The van der Waals surface area contributed by atoms with Gasteiger partial charge in [-0.25, -0.2) is 4.39 Å². The highest BCUT2D eigenvalue weighted by atomic mass is 19.1. The first kappa shape index (κ1) is 23.2. The smallest absolute Gasteiger partial charge is 0.426 e. The van der Waals surface area contributed by atoms with Gasteiger partial charge in [0, 0.05) is 12.2 Å². The van der Waals surface area contributed by atoms with E-state index in [-0.39, 0.29) is 17.6 Å². The van der Waals surface area contributed by atoms with Gasteiger partial charge in [0.2, 0.25) is 11.8 Å². The van der Waals surface area contributed by atoms with Crippen molar-refractivity contribution in [1.82, 2.24) is 10.6 Å². The van der Waals surface area contributed by atoms with Crippen LogP contribution in [0, 0.1) is 11.7 Å². The molecule has 1 aromatic carbocycles. The summed E-state index contributed by atoms with van der Waals surface area (Å²) in [5.41, 5.74) is 0.759. The van der Waals surface area contributed by atoms with E-state index in [1.54, 1.807) is 12.1 Å². The molecule has 0 unspecified atom stereocenters. The van der Waals surface area contributed by atoms with Gasteiger partial charge in [0.25, 0.3) is 0 Å². The van der Waals surface area contributed by atoms with Crippen LogP contribution in [-0.4, -0.2) is 53.6 Å². The predicted molar refractivity (Wildman–Crippen MR) is 111 cm³/mol. The fourth-order valence-corrected chi connectivity index (χ4v) is 3.47. The van der Waals surface area contributed by atoms with Crippen LogP contribution in [0.1, 0.15) is 46.5 Å². The fourth-order valence-electron chi connectivity index (χ4n) is 3.47. The third-order valence-corrected chi connectivity index (χ3v) is 5.10. The van der Waals surface area contributed by atoms with Crippen LogP contribution in [0.4, 0.5) is 10.1 Å². The minimum Gasteiger partial charge on any atom is -0.426 e. The second-order valence-corrected chi connectivity index (χ2v) is 7.98. The van der Waals surface area contributed by atoms with E-state index in [0.29, 0.717) is 32.2 Å². The Labute approximate surface area is 171 Å². The zero-order chi connectivity index (χ0) is 21.6. The van der Waals surface area contributed by atoms with E-state index >= 15 is 0 Å². The summed E-state index contributed by atoms with van der Waals surface area (Å²) in [5.74, 6) is -1.65. The molecule has 2 rings (SSSR count). The zero-order valence-corrected chi connectivity index (χ0v) is 17.3. The fraction of sp³-hybridized carbons (Fsp3) is 0.600. The first-order valence-corrected chi connectivity index (χ1v) is 10.2. The number of anilines is 1. The van der Waals surface area contributed by atoms with Crippen molar-refractivity contribution in [2.75, 3.05) is 11.4 Å². The molecule has 1 aromatic rings. The Morgan fingerprint density at radius 1 is 1.24 bits per heavy atom. The second kappa shape index (κ2) is 10.6. The summed E-state index contributed by atoms with van der Waals surface area (Å²) >= 11 is 0. The summed E-state index contributed by atoms with van der Waals surface area (Å²) < 4.78 is 13.1. The topological polar surface area (TPSA) is 102 Å². The molecule has 1 aliphatic rings. The molecule has 3 atom stereocenters. The van der Waals surface area contributed by atoms with Gasteiger partial charge in [-0.05, 0) is 49.4 Å². The molecule has 0 spiro atoms.